The number of hydrogen-bond acceptors (Lipinski definition) is 44. The molecule has 54 nitrogen and oxygen atoms in total. The zero-order valence-electron chi connectivity index (χ0n) is 75.1. The van der Waals surface area contributed by atoms with Crippen LogP contribution in [0.5, 0.6) is 0 Å². The predicted octanol–water partition coefficient (Wildman–Crippen LogP) is -1.31. The van der Waals surface area contributed by atoms with Crippen molar-refractivity contribution >= 4 is 105 Å². The van der Waals surface area contributed by atoms with Crippen molar-refractivity contribution in [3.8, 4) is 0 Å². The average Bonchev–Trinajstić information content (AvgIpc) is 1.64. The van der Waals surface area contributed by atoms with Crippen molar-refractivity contribution in [2.24, 2.45) is 0 Å². The third-order valence-electron chi connectivity index (χ3n) is 22.3. The van der Waals surface area contributed by atoms with Crippen LogP contribution in [0.25, 0.3) is 0 Å². The summed E-state index contributed by atoms with van der Waals surface area (Å²) >= 11 is 27.1. The second-order valence-electron chi connectivity index (χ2n) is 31.9. The average molecular weight is 2140 g/mol. The first-order valence-electron chi connectivity index (χ1n) is 42.0. The molecule has 0 radical (unpaired) electrons. The minimum Gasteiger partial charge on any atom is -0.387 e. The number of hydrogen-bond donors (Lipinski definition) is 12. The first-order valence-corrected chi connectivity index (χ1v) is 55.0. The Balaban J connectivity index is 0.824. The number of aliphatic hydroxyl groups excluding tert-OH is 1. The fraction of sp³-hybridized carbons (Fsp3) is 0.671. The number of ether oxygens (including phenoxy) is 14. The molecule has 12 heterocycles. The van der Waals surface area contributed by atoms with Gasteiger partial charge in [-0.3, -0.25) is 89.1 Å². The Kier molecular flexibility index (Phi) is 37.9. The number of H-pyrrole nitrogens is 4. The summed E-state index contributed by atoms with van der Waals surface area (Å²) in [7, 11) is 5.40. The highest BCUT2D eigenvalue weighted by atomic mass is 32.7. The lowest BCUT2D eigenvalue weighted by molar-refractivity contribution is -0.0841. The summed E-state index contributed by atoms with van der Waals surface area (Å²) in [4.78, 5) is 198. The standard InChI is InChI=1S/C73H107N14O40P5S5/c1-12-40-41(21-48(117-40)82-25-36(4)60(89)78-70(82)95)123-128(99,133)112-29-43-42(22-49(118-43)83-26-37(5)61(90)79-71(83)96)124-129(100,134)114-31-45-51(56(110-19-15-106-10)66(121-45)86-27-38(6)62(91)80-72(86)97)126-131(102,136)116-33-47-53(57(111-20-16-107-11)67(122-47)87-28-39(7)63(92)81-73(87)98)127-132(103,137)115-32-46-52(55(109-18-14-105-9)65(120-46)85-24-35(3)59(75)77-69(85)94)125-130(101,135)113-30-44-50(88)54(108-17-13-104-8)64(119-44)84-23-34(2)58(74)76-68(84)93/h23-28,40-57,64-67,88H,12-22,29-33H2,1-11H3,(H,99,133)(H,100,134)(H,101,135)(H,102,136)(H,103,137)(H2,74,76,93)(H2,75,77,94)(H,78,89,95)(H,79,90,96)(H,80,91,97)(H,81,92,98)/t40-,41?,42?,43-,44-,45-,46-,47-,48-,49-,50?,51?,52?,53?,54+,55+,56+,57+,64-,65-,66-,67-,128?,129?,130?,131?,132?/m1/s1. The number of methoxy groups -OCH3 is 4. The van der Waals surface area contributed by atoms with E-state index in [4.69, 9.17) is 170 Å². The van der Waals surface area contributed by atoms with E-state index >= 15 is 4.57 Å². The van der Waals surface area contributed by atoms with Gasteiger partial charge in [0.2, 0.25) is 0 Å². The molecule has 137 heavy (non-hydrogen) atoms. The maximum atomic E-state index is 15.1. The maximum Gasteiger partial charge on any atom is 0.386 e. The normalized spacial score (nSPS) is 29.5. The third kappa shape index (κ3) is 27.4. The molecule has 13 N–H and O–H groups in total. The Morgan fingerprint density at radius 2 is 0.672 bits per heavy atom. The molecular weight excluding hydrogens is 2030 g/mol. The Bertz CT molecular complexity index is 6170. The number of aromatic nitrogens is 12. The van der Waals surface area contributed by atoms with Crippen LogP contribution in [0.15, 0.2) is 85.1 Å². The number of aryl methyl sites for hydroxylation is 6. The summed E-state index contributed by atoms with van der Waals surface area (Å²) in [6.45, 7) is -19.8. The number of anilines is 2. The van der Waals surface area contributed by atoms with Crippen molar-refractivity contribution in [3.05, 3.63) is 175 Å². The molecule has 0 spiro atoms. The summed E-state index contributed by atoms with van der Waals surface area (Å²) in [5, 5.41) is 11.8. The first kappa shape index (κ1) is 110. The van der Waals surface area contributed by atoms with E-state index in [0.29, 0.717) is 5.56 Å². The fourth-order valence-electron chi connectivity index (χ4n) is 15.4. The number of thiol groups is 1. The van der Waals surface area contributed by atoms with E-state index in [1.54, 1.807) is 13.8 Å². The molecular formula is C73H107N14O40P5S5. The molecule has 64 heteroatoms. The number of nitrogens with one attached hydrogen (secondary N) is 4. The molecule has 0 amide bonds. The van der Waals surface area contributed by atoms with Crippen molar-refractivity contribution in [2.45, 2.75) is 203 Å². The zero-order valence-corrected chi connectivity index (χ0v) is 83.7. The van der Waals surface area contributed by atoms with E-state index in [0.717, 1.165) is 39.8 Å². The number of nitrogens with two attached hydrogens (primary N) is 2. The van der Waals surface area contributed by atoms with Gasteiger partial charge in [-0.15, -0.1) is 0 Å². The molecule has 11 unspecified atom stereocenters. The highest BCUT2D eigenvalue weighted by Gasteiger charge is 2.57. The largest absolute Gasteiger partial charge is 0.387 e. The second kappa shape index (κ2) is 47.3. The van der Waals surface area contributed by atoms with Gasteiger partial charge in [0.05, 0.1) is 98.1 Å². The van der Waals surface area contributed by atoms with Gasteiger partial charge >= 0.3 is 67.8 Å². The van der Waals surface area contributed by atoms with Gasteiger partial charge in [-0.05, 0) is 95.2 Å². The molecule has 27 atom stereocenters. The molecule has 6 aliphatic heterocycles. The molecule has 0 aromatic carbocycles. The lowest BCUT2D eigenvalue weighted by Gasteiger charge is -2.31. The van der Waals surface area contributed by atoms with Gasteiger partial charge in [0, 0.05) is 112 Å². The molecule has 0 bridgehead atoms. The number of aromatic amines is 4. The number of rotatable bonds is 48. The predicted molar refractivity (Wildman–Crippen MR) is 492 cm³/mol. The van der Waals surface area contributed by atoms with Crippen LogP contribution in [0, 0.1) is 41.5 Å². The Labute approximate surface area is 801 Å². The van der Waals surface area contributed by atoms with Gasteiger partial charge in [-0.2, -0.15) is 9.97 Å². The quantitative estimate of drug-likeness (QED) is 0.0120. The highest BCUT2D eigenvalue weighted by Crippen LogP contribution is 2.60. The molecule has 12 rings (SSSR count). The molecule has 6 saturated heterocycles. The van der Waals surface area contributed by atoms with Crippen LogP contribution < -0.4 is 67.8 Å². The topological polar surface area (TPSA) is 681 Å². The van der Waals surface area contributed by atoms with Crippen LogP contribution in [0.4, 0.5) is 11.6 Å². The Hall–Kier alpha value is -5.90. The van der Waals surface area contributed by atoms with Crippen LogP contribution in [-0.4, -0.2) is 294 Å². The molecule has 6 aromatic rings. The minimum absolute atomic E-state index is 0.0411. The van der Waals surface area contributed by atoms with Gasteiger partial charge in [-0.25, -0.2) is 33.3 Å². The van der Waals surface area contributed by atoms with Crippen molar-refractivity contribution in [1.29, 1.82) is 0 Å². The van der Waals surface area contributed by atoms with Crippen molar-refractivity contribution in [3.63, 3.8) is 0 Å². The van der Waals surface area contributed by atoms with Crippen molar-refractivity contribution in [1.82, 2.24) is 57.3 Å². The van der Waals surface area contributed by atoms with E-state index in [2.05, 4.69) is 42.2 Å². The number of aliphatic hydroxyl groups is 1. The summed E-state index contributed by atoms with van der Waals surface area (Å²) in [6, 6.07) is 0. The molecule has 0 saturated carbocycles. The van der Waals surface area contributed by atoms with Gasteiger partial charge in [0.1, 0.15) is 110 Å². The summed E-state index contributed by atoms with van der Waals surface area (Å²) in [5.41, 5.74) is 4.01. The third-order valence-corrected chi connectivity index (χ3v) is 30.2. The summed E-state index contributed by atoms with van der Waals surface area (Å²) in [5.74, 6) is -0.251. The van der Waals surface area contributed by atoms with Crippen molar-refractivity contribution < 1.29 is 141 Å². The monoisotopic (exact) mass is 2130 g/mol. The molecule has 6 aliphatic rings. The molecule has 6 fully saturated rings. The second-order valence-corrected chi connectivity index (χ2v) is 46.0. The molecule has 0 aliphatic carbocycles. The fourth-order valence-corrected chi connectivity index (χ4v) is 22.7. The SMILES string of the molecule is CC[C@H]1O[C@@H](n2cc(C)c(=O)[nH]c2=O)CC1OP(O)(=S)OC[C@H]1O[C@@H](n2cc(C)c(=O)[nH]c2=O)CC1OP(=O)(S)OC[C@H]1O[C@@H](n2cc(C)c(=O)[nH]c2=O)[C@@H](OCCOC)C1OP(O)(=S)OC[C@H]1O[C@@H](n2cc(C)c(=O)[nH]c2=O)[C@@H](OCCOC)C1OP(O)(=S)OC[C@H]1O[C@@H](n2cc(C)c(N)nc2=O)[C@@H](OCCOC)C1OP(O)(=S)OC[C@H]1O[C@@H](n2cc(C)c(N)nc2=O)[C@@H](OCCOC)C1O. The minimum atomic E-state index is -5.07. The van der Waals surface area contributed by atoms with Gasteiger partial charge in [0.15, 0.2) is 24.9 Å². The lowest BCUT2D eigenvalue weighted by Crippen LogP contribution is -2.42. The van der Waals surface area contributed by atoms with Crippen LogP contribution >= 0.6 is 45.9 Å². The zero-order chi connectivity index (χ0) is 99.8. The number of nitrogens with zero attached hydrogens (tertiary/aromatic N) is 8. The van der Waals surface area contributed by atoms with E-state index in [1.807, 2.05) is 0 Å². The van der Waals surface area contributed by atoms with Crippen LogP contribution in [0.1, 0.15) is 96.9 Å². The molecule has 764 valence electrons. The first-order chi connectivity index (χ1) is 64.7. The lowest BCUT2D eigenvalue weighted by atomic mass is 10.1. The van der Waals surface area contributed by atoms with Gasteiger partial charge in [-0.1, -0.05) is 19.2 Å². The van der Waals surface area contributed by atoms with Crippen LogP contribution in [0.2, 0.25) is 0 Å². The molecule has 6 aromatic heterocycles. The van der Waals surface area contributed by atoms with Crippen molar-refractivity contribution in [2.75, 3.05) is 126 Å². The van der Waals surface area contributed by atoms with E-state index in [9.17, 15) is 72.6 Å². The van der Waals surface area contributed by atoms with Gasteiger partial charge < -0.3 is 125 Å². The Morgan fingerprint density at radius 3 is 1.04 bits per heavy atom. The Morgan fingerprint density at radius 1 is 0.387 bits per heavy atom. The maximum absolute atomic E-state index is 15.1. The van der Waals surface area contributed by atoms with Crippen LogP contribution in [0.3, 0.4) is 0 Å². The van der Waals surface area contributed by atoms with Crippen LogP contribution in [-0.2, 0) is 163 Å². The van der Waals surface area contributed by atoms with E-state index < -0.39 is 265 Å². The smallest absolute Gasteiger partial charge is 0.386 e. The van der Waals surface area contributed by atoms with E-state index in [1.165, 1.54) is 87.8 Å². The number of nitrogen functional groups attached to an aromatic ring is 2. The van der Waals surface area contributed by atoms with Gasteiger partial charge in [0.25, 0.3) is 22.2 Å². The van der Waals surface area contributed by atoms with E-state index in [-0.39, 0.29) is 105 Å². The highest BCUT2D eigenvalue weighted by molar-refractivity contribution is 8.44. The summed E-state index contributed by atoms with van der Waals surface area (Å²) in [6.07, 6.45) is -26.5. The summed E-state index contributed by atoms with van der Waals surface area (Å²) < 4.78 is 166.